The summed E-state index contributed by atoms with van der Waals surface area (Å²) in [6.45, 7) is 6.76. The lowest BCUT2D eigenvalue weighted by molar-refractivity contribution is 0.316. The van der Waals surface area contributed by atoms with E-state index in [4.69, 9.17) is 21.3 Å². The molecule has 1 aromatic heterocycles. The standard InChI is InChI=1S/C30H33ClN2O3S/c1-5-12-36-29-23(17-32)15-26(16-27(29)31)30(2,3)25-10-8-21(9-11-25)24-14-22-7-6-20(19-37(4,34)35)13-28(22)33-18-24/h8-11,14-16,18,20H,5-7,12-13,19H2,1-4H3. The van der Waals surface area contributed by atoms with Crippen LogP contribution in [0, 0.1) is 17.2 Å². The molecule has 3 aromatic rings. The summed E-state index contributed by atoms with van der Waals surface area (Å²) in [5.74, 6) is 0.816. The average Bonchev–Trinajstić information content (AvgIpc) is 2.86. The second kappa shape index (κ2) is 10.8. The number of nitriles is 1. The number of hydrogen-bond acceptors (Lipinski definition) is 5. The third-order valence-electron chi connectivity index (χ3n) is 7.18. The molecule has 0 spiro atoms. The highest BCUT2D eigenvalue weighted by Gasteiger charge is 2.27. The molecule has 37 heavy (non-hydrogen) atoms. The summed E-state index contributed by atoms with van der Waals surface area (Å²) in [7, 11) is -2.98. The largest absolute Gasteiger partial charge is 0.491 e. The van der Waals surface area contributed by atoms with E-state index in [-0.39, 0.29) is 17.1 Å². The van der Waals surface area contributed by atoms with E-state index in [2.05, 4.69) is 50.2 Å². The van der Waals surface area contributed by atoms with Gasteiger partial charge in [-0.25, -0.2) is 8.42 Å². The quantitative estimate of drug-likeness (QED) is 0.326. The number of aryl methyl sites for hydroxylation is 1. The molecule has 0 bridgehead atoms. The molecule has 1 aliphatic rings. The highest BCUT2D eigenvalue weighted by atomic mass is 35.5. The van der Waals surface area contributed by atoms with Gasteiger partial charge in [-0.3, -0.25) is 4.98 Å². The van der Waals surface area contributed by atoms with Crippen molar-refractivity contribution >= 4 is 21.4 Å². The first-order valence-corrected chi connectivity index (χ1v) is 15.1. The van der Waals surface area contributed by atoms with Gasteiger partial charge in [0.05, 0.1) is 22.9 Å². The fourth-order valence-electron chi connectivity index (χ4n) is 5.04. The first-order valence-electron chi connectivity index (χ1n) is 12.6. The number of fused-ring (bicyclic) bond motifs is 1. The second-order valence-electron chi connectivity index (χ2n) is 10.5. The van der Waals surface area contributed by atoms with Crippen molar-refractivity contribution in [1.82, 2.24) is 4.98 Å². The van der Waals surface area contributed by atoms with Crippen molar-refractivity contribution in [2.45, 2.75) is 51.9 Å². The number of nitrogens with zero attached hydrogens (tertiary/aromatic N) is 2. The van der Waals surface area contributed by atoms with E-state index in [1.165, 1.54) is 11.8 Å². The fourth-order valence-corrected chi connectivity index (χ4v) is 6.45. The Bertz CT molecular complexity index is 1440. The van der Waals surface area contributed by atoms with E-state index in [0.717, 1.165) is 47.2 Å². The summed E-state index contributed by atoms with van der Waals surface area (Å²) in [6.07, 6.45) is 6.46. The second-order valence-corrected chi connectivity index (χ2v) is 13.1. The van der Waals surface area contributed by atoms with Crippen molar-refractivity contribution in [3.05, 3.63) is 81.6 Å². The molecular formula is C30H33ClN2O3S. The van der Waals surface area contributed by atoms with E-state index in [1.807, 2.05) is 25.3 Å². The number of sulfone groups is 1. The topological polar surface area (TPSA) is 80.0 Å². The molecule has 5 nitrogen and oxygen atoms in total. The lowest BCUT2D eigenvalue weighted by atomic mass is 9.77. The Kier molecular flexibility index (Phi) is 7.96. The normalized spacial score (nSPS) is 15.6. The molecule has 0 saturated heterocycles. The van der Waals surface area contributed by atoms with Gasteiger partial charge in [0.1, 0.15) is 15.9 Å². The third kappa shape index (κ3) is 6.17. The molecule has 1 heterocycles. The van der Waals surface area contributed by atoms with Gasteiger partial charge in [0.2, 0.25) is 0 Å². The maximum absolute atomic E-state index is 11.7. The van der Waals surface area contributed by atoms with Crippen LogP contribution in [0.3, 0.4) is 0 Å². The zero-order valence-electron chi connectivity index (χ0n) is 21.8. The molecule has 2 aromatic carbocycles. The maximum Gasteiger partial charge on any atom is 0.155 e. The molecule has 0 saturated carbocycles. The van der Waals surface area contributed by atoms with Gasteiger partial charge < -0.3 is 4.74 Å². The van der Waals surface area contributed by atoms with Crippen molar-refractivity contribution in [1.29, 1.82) is 5.26 Å². The number of hydrogen-bond donors (Lipinski definition) is 0. The van der Waals surface area contributed by atoms with Crippen molar-refractivity contribution in [2.75, 3.05) is 18.6 Å². The number of benzene rings is 2. The zero-order valence-corrected chi connectivity index (χ0v) is 23.4. The zero-order chi connectivity index (χ0) is 26.8. The van der Waals surface area contributed by atoms with Gasteiger partial charge in [-0.05, 0) is 72.1 Å². The predicted molar refractivity (Wildman–Crippen MR) is 149 cm³/mol. The van der Waals surface area contributed by atoms with Crippen molar-refractivity contribution in [3.63, 3.8) is 0 Å². The third-order valence-corrected chi connectivity index (χ3v) is 8.54. The van der Waals surface area contributed by atoms with E-state index in [0.29, 0.717) is 29.4 Å². The number of aromatic nitrogens is 1. The summed E-state index contributed by atoms with van der Waals surface area (Å²) in [4.78, 5) is 4.70. The number of pyridine rings is 1. The molecular weight excluding hydrogens is 504 g/mol. The van der Waals surface area contributed by atoms with Gasteiger partial charge in [0, 0.05) is 29.1 Å². The fraction of sp³-hybridized carbons (Fsp3) is 0.400. The molecule has 0 aliphatic heterocycles. The first-order chi connectivity index (χ1) is 17.5. The Morgan fingerprint density at radius 2 is 1.86 bits per heavy atom. The van der Waals surface area contributed by atoms with Crippen LogP contribution in [-0.2, 0) is 28.1 Å². The molecule has 0 amide bonds. The lowest BCUT2D eigenvalue weighted by Crippen LogP contribution is -2.23. The van der Waals surface area contributed by atoms with Crippen molar-refractivity contribution < 1.29 is 13.2 Å². The summed E-state index contributed by atoms with van der Waals surface area (Å²) in [6, 6.07) is 16.6. The summed E-state index contributed by atoms with van der Waals surface area (Å²) in [5, 5.41) is 10.1. The van der Waals surface area contributed by atoms with Crippen LogP contribution in [0.25, 0.3) is 11.1 Å². The molecule has 1 atom stereocenters. The van der Waals surface area contributed by atoms with Gasteiger partial charge in [-0.2, -0.15) is 5.26 Å². The van der Waals surface area contributed by atoms with Crippen LogP contribution < -0.4 is 4.74 Å². The summed E-state index contributed by atoms with van der Waals surface area (Å²) < 4.78 is 29.1. The molecule has 1 unspecified atom stereocenters. The van der Waals surface area contributed by atoms with Crippen LogP contribution in [0.4, 0.5) is 0 Å². The highest BCUT2D eigenvalue weighted by molar-refractivity contribution is 7.90. The molecule has 1 aliphatic carbocycles. The Morgan fingerprint density at radius 3 is 2.51 bits per heavy atom. The van der Waals surface area contributed by atoms with Gasteiger partial charge in [-0.15, -0.1) is 0 Å². The van der Waals surface area contributed by atoms with Crippen molar-refractivity contribution in [2.24, 2.45) is 5.92 Å². The van der Waals surface area contributed by atoms with E-state index in [1.54, 1.807) is 0 Å². The van der Waals surface area contributed by atoms with E-state index >= 15 is 0 Å². The van der Waals surface area contributed by atoms with Crippen LogP contribution in [0.5, 0.6) is 5.75 Å². The molecule has 0 N–H and O–H groups in total. The van der Waals surface area contributed by atoms with Crippen LogP contribution >= 0.6 is 11.6 Å². The summed E-state index contributed by atoms with van der Waals surface area (Å²) in [5.41, 5.74) is 6.47. The molecule has 4 rings (SSSR count). The van der Waals surface area contributed by atoms with Gasteiger partial charge in [0.25, 0.3) is 0 Å². The Balaban J connectivity index is 1.56. The van der Waals surface area contributed by atoms with Crippen LogP contribution in [0.2, 0.25) is 5.02 Å². The van der Waals surface area contributed by atoms with Crippen LogP contribution in [-0.4, -0.2) is 32.0 Å². The maximum atomic E-state index is 11.7. The Morgan fingerprint density at radius 1 is 1.14 bits per heavy atom. The highest BCUT2D eigenvalue weighted by Crippen LogP contribution is 2.39. The molecule has 194 valence electrons. The number of rotatable bonds is 8. The SMILES string of the molecule is CCCOc1c(Cl)cc(C(C)(C)c2ccc(-c3cnc4c(c3)CCC(CS(C)(=O)=O)C4)cc2)cc1C#N. The monoisotopic (exact) mass is 536 g/mol. The minimum atomic E-state index is -2.98. The van der Waals surface area contributed by atoms with E-state index in [9.17, 15) is 13.7 Å². The van der Waals surface area contributed by atoms with Gasteiger partial charge >= 0.3 is 0 Å². The van der Waals surface area contributed by atoms with E-state index < -0.39 is 9.84 Å². The molecule has 0 fully saturated rings. The Labute approximate surface area is 225 Å². The van der Waals surface area contributed by atoms with Crippen molar-refractivity contribution in [3.8, 4) is 22.9 Å². The van der Waals surface area contributed by atoms with Crippen LogP contribution in [0.15, 0.2) is 48.7 Å². The molecule has 7 heteroatoms. The molecule has 0 radical (unpaired) electrons. The average molecular weight is 537 g/mol. The predicted octanol–water partition coefficient (Wildman–Crippen LogP) is 6.54. The van der Waals surface area contributed by atoms with Gasteiger partial charge in [0.15, 0.2) is 5.75 Å². The Hall–Kier alpha value is -2.88. The summed E-state index contributed by atoms with van der Waals surface area (Å²) >= 11 is 6.53. The number of ether oxygens (including phenoxy) is 1. The minimum absolute atomic E-state index is 0.143. The minimum Gasteiger partial charge on any atom is -0.491 e. The first kappa shape index (κ1) is 27.2. The van der Waals surface area contributed by atoms with Gasteiger partial charge in [-0.1, -0.05) is 56.6 Å². The van der Waals surface area contributed by atoms with Crippen LogP contribution in [0.1, 0.15) is 61.6 Å². The lowest BCUT2D eigenvalue weighted by Gasteiger charge is -2.27. The smallest absolute Gasteiger partial charge is 0.155 e. The number of halogens is 1.